The third kappa shape index (κ3) is 4.08. The van der Waals surface area contributed by atoms with E-state index in [0.29, 0.717) is 21.6 Å². The van der Waals surface area contributed by atoms with E-state index < -0.39 is 0 Å². The number of nitrogens with one attached hydrogen (secondary N) is 1. The van der Waals surface area contributed by atoms with E-state index in [9.17, 15) is 4.79 Å². The number of aryl methyl sites for hydroxylation is 1. The van der Waals surface area contributed by atoms with Crippen LogP contribution in [0.15, 0.2) is 30.6 Å². The molecule has 20 heavy (non-hydrogen) atoms. The van der Waals surface area contributed by atoms with Gasteiger partial charge in [-0.1, -0.05) is 23.2 Å². The quantitative estimate of drug-likeness (QED) is 0.942. The molecule has 1 N–H and O–H groups in total. The van der Waals surface area contributed by atoms with Gasteiger partial charge in [0, 0.05) is 16.8 Å². The predicted octanol–water partition coefficient (Wildman–Crippen LogP) is 3.11. The molecule has 0 atom stereocenters. The van der Waals surface area contributed by atoms with Crippen LogP contribution in [0.4, 0.5) is 5.69 Å². The molecule has 7 heteroatoms. The smallest absolute Gasteiger partial charge is 0.262 e. The second-order valence-corrected chi connectivity index (χ2v) is 4.80. The van der Waals surface area contributed by atoms with Gasteiger partial charge in [0.1, 0.15) is 6.33 Å². The highest BCUT2D eigenvalue weighted by Crippen LogP contribution is 2.25. The van der Waals surface area contributed by atoms with E-state index in [0.717, 1.165) is 5.69 Å². The zero-order valence-corrected chi connectivity index (χ0v) is 12.1. The summed E-state index contributed by atoms with van der Waals surface area (Å²) in [6.07, 6.45) is 1.37. The monoisotopic (exact) mass is 311 g/mol. The maximum Gasteiger partial charge on any atom is 0.262 e. The lowest BCUT2D eigenvalue weighted by Crippen LogP contribution is -2.20. The Hall–Kier alpha value is -1.85. The van der Waals surface area contributed by atoms with Gasteiger partial charge in [-0.3, -0.25) is 4.79 Å². The molecular weight excluding hydrogens is 301 g/mol. The number of nitrogens with zero attached hydrogens (tertiary/aromatic N) is 2. The van der Waals surface area contributed by atoms with Crippen molar-refractivity contribution in [3.05, 3.63) is 46.3 Å². The minimum atomic E-state index is -0.356. The number of aromatic nitrogens is 2. The molecule has 0 unspecified atom stereocenters. The van der Waals surface area contributed by atoms with E-state index in [1.54, 1.807) is 31.2 Å². The fourth-order valence-corrected chi connectivity index (χ4v) is 1.76. The van der Waals surface area contributed by atoms with E-state index in [1.165, 1.54) is 6.33 Å². The summed E-state index contributed by atoms with van der Waals surface area (Å²) in [5, 5.41) is 3.50. The van der Waals surface area contributed by atoms with E-state index in [2.05, 4.69) is 15.3 Å². The third-order valence-corrected chi connectivity index (χ3v) is 2.90. The average molecular weight is 312 g/mol. The molecule has 104 valence electrons. The normalized spacial score (nSPS) is 10.2. The molecule has 1 aromatic carbocycles. The van der Waals surface area contributed by atoms with Crippen LogP contribution in [0.1, 0.15) is 5.69 Å². The van der Waals surface area contributed by atoms with Crippen LogP contribution in [0.2, 0.25) is 10.0 Å². The summed E-state index contributed by atoms with van der Waals surface area (Å²) in [5.41, 5.74) is 1.19. The van der Waals surface area contributed by atoms with Crippen molar-refractivity contribution in [3.63, 3.8) is 0 Å². The van der Waals surface area contributed by atoms with Gasteiger partial charge in [0.25, 0.3) is 5.91 Å². The van der Waals surface area contributed by atoms with Crippen molar-refractivity contribution >= 4 is 34.8 Å². The first-order valence-corrected chi connectivity index (χ1v) is 6.46. The summed E-state index contributed by atoms with van der Waals surface area (Å²) in [4.78, 5) is 19.6. The van der Waals surface area contributed by atoms with Crippen LogP contribution in [0.25, 0.3) is 0 Å². The van der Waals surface area contributed by atoms with Crippen LogP contribution < -0.4 is 10.1 Å². The van der Waals surface area contributed by atoms with Gasteiger partial charge >= 0.3 is 0 Å². The average Bonchev–Trinajstić information content (AvgIpc) is 2.41. The predicted molar refractivity (Wildman–Crippen MR) is 77.4 cm³/mol. The van der Waals surface area contributed by atoms with Gasteiger partial charge in [-0.25, -0.2) is 9.97 Å². The summed E-state index contributed by atoms with van der Waals surface area (Å²) in [5.74, 6) is -0.0183. The molecule has 0 saturated carbocycles. The molecule has 0 aliphatic carbocycles. The van der Waals surface area contributed by atoms with Crippen molar-refractivity contribution in [3.8, 4) is 5.88 Å². The van der Waals surface area contributed by atoms with E-state index in [-0.39, 0.29) is 12.5 Å². The summed E-state index contributed by atoms with van der Waals surface area (Å²) in [6.45, 7) is 1.62. The third-order valence-electron chi connectivity index (χ3n) is 2.33. The number of rotatable bonds is 4. The molecule has 2 aromatic rings. The maximum absolute atomic E-state index is 11.8. The number of benzene rings is 1. The van der Waals surface area contributed by atoms with Gasteiger partial charge < -0.3 is 10.1 Å². The highest BCUT2D eigenvalue weighted by molar-refractivity contribution is 6.35. The summed E-state index contributed by atoms with van der Waals surface area (Å²) in [6, 6.07) is 6.45. The Morgan fingerprint density at radius 3 is 2.85 bits per heavy atom. The van der Waals surface area contributed by atoms with Crippen molar-refractivity contribution in [1.82, 2.24) is 9.97 Å². The van der Waals surface area contributed by atoms with Gasteiger partial charge in [0.2, 0.25) is 5.88 Å². The molecule has 0 spiro atoms. The van der Waals surface area contributed by atoms with Gasteiger partial charge in [-0.15, -0.1) is 0 Å². The molecule has 2 rings (SSSR count). The van der Waals surface area contributed by atoms with Crippen molar-refractivity contribution in [2.24, 2.45) is 0 Å². The Morgan fingerprint density at radius 2 is 2.10 bits per heavy atom. The lowest BCUT2D eigenvalue weighted by atomic mass is 10.3. The summed E-state index contributed by atoms with van der Waals surface area (Å²) < 4.78 is 5.25. The summed E-state index contributed by atoms with van der Waals surface area (Å²) in [7, 11) is 0. The molecule has 0 fully saturated rings. The van der Waals surface area contributed by atoms with Gasteiger partial charge in [0.15, 0.2) is 6.61 Å². The Labute approximate surface area is 125 Å². The Morgan fingerprint density at radius 1 is 1.30 bits per heavy atom. The molecule has 0 aliphatic rings. The van der Waals surface area contributed by atoms with Crippen LogP contribution in [-0.2, 0) is 4.79 Å². The molecule has 1 amide bonds. The number of halogens is 2. The topological polar surface area (TPSA) is 64.1 Å². The first kappa shape index (κ1) is 14.6. The van der Waals surface area contributed by atoms with Crippen LogP contribution in [-0.4, -0.2) is 22.5 Å². The molecular formula is C13H11Cl2N3O2. The van der Waals surface area contributed by atoms with E-state index >= 15 is 0 Å². The number of anilines is 1. The van der Waals surface area contributed by atoms with Crippen molar-refractivity contribution < 1.29 is 9.53 Å². The fourth-order valence-electron chi connectivity index (χ4n) is 1.43. The fraction of sp³-hybridized carbons (Fsp3) is 0.154. The SMILES string of the molecule is Cc1cc(OCC(=O)Nc2cc(Cl)ccc2Cl)ncn1. The zero-order valence-electron chi connectivity index (χ0n) is 10.6. The Bertz CT molecular complexity index is 635. The number of carbonyl (C=O) groups is 1. The van der Waals surface area contributed by atoms with Crippen molar-refractivity contribution in [1.29, 1.82) is 0 Å². The molecule has 0 aliphatic heterocycles. The first-order chi connectivity index (χ1) is 9.54. The minimum Gasteiger partial charge on any atom is -0.467 e. The molecule has 1 aromatic heterocycles. The zero-order chi connectivity index (χ0) is 14.5. The number of amides is 1. The van der Waals surface area contributed by atoms with E-state index in [1.807, 2.05) is 0 Å². The minimum absolute atomic E-state index is 0.181. The lowest BCUT2D eigenvalue weighted by molar-refractivity contribution is -0.118. The lowest BCUT2D eigenvalue weighted by Gasteiger charge is -2.08. The van der Waals surface area contributed by atoms with Gasteiger partial charge in [-0.05, 0) is 25.1 Å². The highest BCUT2D eigenvalue weighted by Gasteiger charge is 2.08. The van der Waals surface area contributed by atoms with Crippen LogP contribution in [0.5, 0.6) is 5.88 Å². The van der Waals surface area contributed by atoms with Crippen LogP contribution in [0, 0.1) is 6.92 Å². The second kappa shape index (κ2) is 6.54. The molecule has 0 saturated heterocycles. The van der Waals surface area contributed by atoms with Crippen LogP contribution in [0.3, 0.4) is 0 Å². The van der Waals surface area contributed by atoms with Gasteiger partial charge in [0.05, 0.1) is 10.7 Å². The van der Waals surface area contributed by atoms with E-state index in [4.69, 9.17) is 27.9 Å². The van der Waals surface area contributed by atoms with Gasteiger partial charge in [-0.2, -0.15) is 0 Å². The number of ether oxygens (including phenoxy) is 1. The van der Waals surface area contributed by atoms with Crippen LogP contribution >= 0.6 is 23.2 Å². The molecule has 5 nitrogen and oxygen atoms in total. The Balaban J connectivity index is 1.94. The maximum atomic E-state index is 11.8. The standard InChI is InChI=1S/C13H11Cl2N3O2/c1-8-4-13(17-7-16-8)20-6-12(19)18-11-5-9(14)2-3-10(11)15/h2-5,7H,6H2,1H3,(H,18,19). The highest BCUT2D eigenvalue weighted by atomic mass is 35.5. The Kier molecular flexibility index (Phi) is 4.76. The van der Waals surface area contributed by atoms with Crippen molar-refractivity contribution in [2.75, 3.05) is 11.9 Å². The second-order valence-electron chi connectivity index (χ2n) is 3.96. The molecule has 0 bridgehead atoms. The first-order valence-electron chi connectivity index (χ1n) is 5.71. The van der Waals surface area contributed by atoms with Crippen molar-refractivity contribution in [2.45, 2.75) is 6.92 Å². The largest absolute Gasteiger partial charge is 0.467 e. The molecule has 0 radical (unpaired) electrons. The molecule has 1 heterocycles. The number of hydrogen-bond donors (Lipinski definition) is 1. The summed E-state index contributed by atoms with van der Waals surface area (Å²) >= 11 is 11.8. The number of carbonyl (C=O) groups excluding carboxylic acids is 1. The number of hydrogen-bond acceptors (Lipinski definition) is 4.